The zero-order chi connectivity index (χ0) is 24.0. The average molecular weight is 453 g/mol. The number of aliphatic hydroxyl groups excluding tert-OH is 1. The summed E-state index contributed by atoms with van der Waals surface area (Å²) in [7, 11) is 3.92. The van der Waals surface area contributed by atoms with E-state index in [1.54, 1.807) is 41.3 Å². The smallest absolute Gasteiger partial charge is 0.295 e. The van der Waals surface area contributed by atoms with E-state index in [9.17, 15) is 14.7 Å². The highest BCUT2D eigenvalue weighted by molar-refractivity contribution is 6.46. The highest BCUT2D eigenvalue weighted by atomic mass is 16.5. The van der Waals surface area contributed by atoms with E-state index in [1.807, 2.05) is 45.0 Å². The molecule has 176 valence electrons. The maximum absolute atomic E-state index is 13.1. The molecule has 1 N–H and O–H groups in total. The van der Waals surface area contributed by atoms with Crippen molar-refractivity contribution in [3.05, 3.63) is 65.2 Å². The quantitative estimate of drug-likeness (QED) is 0.335. The molecule has 0 radical (unpaired) electrons. The summed E-state index contributed by atoms with van der Waals surface area (Å²) in [6.45, 7) is 5.85. The van der Waals surface area contributed by atoms with Gasteiger partial charge in [-0.05, 0) is 58.6 Å². The van der Waals surface area contributed by atoms with Gasteiger partial charge in [-0.3, -0.25) is 9.59 Å². The second kappa shape index (κ2) is 11.0. The Balaban J connectivity index is 2.12. The van der Waals surface area contributed by atoms with Crippen molar-refractivity contribution >= 4 is 17.4 Å². The first kappa shape index (κ1) is 24.3. The first-order chi connectivity index (χ1) is 15.9. The third-order valence-corrected chi connectivity index (χ3v) is 5.47. The molecule has 7 nitrogen and oxygen atoms in total. The molecule has 0 saturated carbocycles. The average Bonchev–Trinajstić information content (AvgIpc) is 3.05. The molecule has 2 aromatic rings. The predicted molar refractivity (Wildman–Crippen MR) is 127 cm³/mol. The first-order valence-electron chi connectivity index (χ1n) is 11.3. The number of benzene rings is 2. The lowest BCUT2D eigenvalue weighted by Gasteiger charge is -2.26. The van der Waals surface area contributed by atoms with Gasteiger partial charge >= 0.3 is 0 Å². The van der Waals surface area contributed by atoms with Gasteiger partial charge in [0.25, 0.3) is 11.7 Å². The molecule has 7 heteroatoms. The molecule has 1 heterocycles. The second-order valence-corrected chi connectivity index (χ2v) is 8.09. The van der Waals surface area contributed by atoms with Gasteiger partial charge < -0.3 is 24.4 Å². The van der Waals surface area contributed by atoms with Crippen molar-refractivity contribution in [2.24, 2.45) is 0 Å². The highest BCUT2D eigenvalue weighted by Gasteiger charge is 2.46. The Morgan fingerprint density at radius 1 is 1.00 bits per heavy atom. The van der Waals surface area contributed by atoms with E-state index in [2.05, 4.69) is 0 Å². The minimum Gasteiger partial charge on any atom is -0.507 e. The fourth-order valence-electron chi connectivity index (χ4n) is 4.00. The fourth-order valence-corrected chi connectivity index (χ4v) is 4.00. The number of amides is 1. The number of aliphatic hydroxyl groups is 1. The van der Waals surface area contributed by atoms with Crippen molar-refractivity contribution < 1.29 is 24.2 Å². The molecule has 2 aromatic carbocycles. The summed E-state index contributed by atoms with van der Waals surface area (Å²) < 4.78 is 11.4. The highest BCUT2D eigenvalue weighted by Crippen LogP contribution is 2.42. The largest absolute Gasteiger partial charge is 0.507 e. The molecule has 0 aromatic heterocycles. The van der Waals surface area contributed by atoms with Gasteiger partial charge in [0.05, 0.1) is 24.8 Å². The van der Waals surface area contributed by atoms with Crippen LogP contribution in [0.3, 0.4) is 0 Å². The van der Waals surface area contributed by atoms with Crippen LogP contribution in [-0.4, -0.2) is 67.0 Å². The molecule has 1 amide bonds. The number of carbonyl (C=O) groups is 2. The Morgan fingerprint density at radius 3 is 2.30 bits per heavy atom. The number of hydrogen-bond donors (Lipinski definition) is 1. The van der Waals surface area contributed by atoms with Crippen LogP contribution in [-0.2, 0) is 9.59 Å². The number of carbonyl (C=O) groups excluding carboxylic acids is 2. The summed E-state index contributed by atoms with van der Waals surface area (Å²) in [5.74, 6) is -0.340. The van der Waals surface area contributed by atoms with Crippen LogP contribution in [0.2, 0.25) is 0 Å². The minimum atomic E-state index is -0.720. The number of hydrogen-bond acceptors (Lipinski definition) is 6. The summed E-state index contributed by atoms with van der Waals surface area (Å²) in [6, 6.07) is 13.5. The molecule has 0 spiro atoms. The molecule has 1 aliphatic heterocycles. The van der Waals surface area contributed by atoms with Gasteiger partial charge in [0, 0.05) is 12.1 Å². The number of nitrogens with zero attached hydrogens (tertiary/aromatic N) is 2. The van der Waals surface area contributed by atoms with Crippen LogP contribution < -0.4 is 9.47 Å². The topological polar surface area (TPSA) is 79.3 Å². The van der Waals surface area contributed by atoms with Gasteiger partial charge in [0.2, 0.25) is 0 Å². The van der Waals surface area contributed by atoms with E-state index < -0.39 is 17.7 Å². The zero-order valence-corrected chi connectivity index (χ0v) is 19.7. The summed E-state index contributed by atoms with van der Waals surface area (Å²) in [6.07, 6.45) is 0.692. The van der Waals surface area contributed by atoms with E-state index in [0.29, 0.717) is 48.8 Å². The Labute approximate surface area is 195 Å². The minimum absolute atomic E-state index is 0.0858. The molecule has 1 aliphatic rings. The lowest BCUT2D eigenvalue weighted by Crippen LogP contribution is -2.32. The van der Waals surface area contributed by atoms with Crippen LogP contribution >= 0.6 is 0 Å². The standard InChI is InChI=1S/C26H32N2O5/c1-5-32-20-14-13-19(17-21(20)33-6-2)23-22(24(29)18-11-8-7-9-12-18)25(30)26(31)28(23)16-10-15-27(3)4/h7-9,11-14,17,23,29H,5-6,10,15-16H2,1-4H3/t23-/m1/s1. The SMILES string of the molecule is CCOc1ccc([C@@H]2C(=C(O)c3ccccc3)C(=O)C(=O)N2CCCN(C)C)cc1OCC. The lowest BCUT2D eigenvalue weighted by atomic mass is 9.95. The third kappa shape index (κ3) is 5.37. The fraction of sp³-hybridized carbons (Fsp3) is 0.385. The van der Waals surface area contributed by atoms with E-state index in [4.69, 9.17) is 9.47 Å². The van der Waals surface area contributed by atoms with Crippen LogP contribution in [0.4, 0.5) is 0 Å². The number of ketones is 1. The molecule has 1 atom stereocenters. The molecule has 0 unspecified atom stereocenters. The van der Waals surface area contributed by atoms with Gasteiger partial charge in [0.15, 0.2) is 11.5 Å². The molecular weight excluding hydrogens is 420 g/mol. The van der Waals surface area contributed by atoms with E-state index in [-0.39, 0.29) is 11.3 Å². The van der Waals surface area contributed by atoms with Crippen LogP contribution in [0.25, 0.3) is 5.76 Å². The number of Topliss-reactive ketones (excluding diaryl/α,β-unsaturated/α-hetero) is 1. The van der Waals surface area contributed by atoms with Gasteiger partial charge in [-0.1, -0.05) is 36.4 Å². The zero-order valence-electron chi connectivity index (χ0n) is 19.7. The van der Waals surface area contributed by atoms with E-state index >= 15 is 0 Å². The van der Waals surface area contributed by atoms with Gasteiger partial charge in [-0.2, -0.15) is 0 Å². The molecule has 0 bridgehead atoms. The molecule has 1 fully saturated rings. The van der Waals surface area contributed by atoms with Gasteiger partial charge in [-0.15, -0.1) is 0 Å². The summed E-state index contributed by atoms with van der Waals surface area (Å²) in [4.78, 5) is 29.7. The lowest BCUT2D eigenvalue weighted by molar-refractivity contribution is -0.139. The van der Waals surface area contributed by atoms with Crippen molar-refractivity contribution in [2.75, 3.05) is 40.4 Å². The summed E-state index contributed by atoms with van der Waals surface area (Å²) in [5, 5.41) is 11.1. The first-order valence-corrected chi connectivity index (χ1v) is 11.3. The predicted octanol–water partition coefficient (Wildman–Crippen LogP) is 3.86. The Hall–Kier alpha value is -3.32. The number of likely N-dealkylation sites (tertiary alicyclic amines) is 1. The van der Waals surface area contributed by atoms with Crippen molar-refractivity contribution in [2.45, 2.75) is 26.3 Å². The van der Waals surface area contributed by atoms with Crippen molar-refractivity contribution in [3.63, 3.8) is 0 Å². The summed E-state index contributed by atoms with van der Waals surface area (Å²) >= 11 is 0. The second-order valence-electron chi connectivity index (χ2n) is 8.09. The van der Waals surface area contributed by atoms with Crippen LogP contribution in [0, 0.1) is 0 Å². The van der Waals surface area contributed by atoms with Crippen LogP contribution in [0.5, 0.6) is 11.5 Å². The maximum Gasteiger partial charge on any atom is 0.295 e. The molecular formula is C26H32N2O5. The Kier molecular flexibility index (Phi) is 8.11. The number of rotatable bonds is 10. The summed E-state index contributed by atoms with van der Waals surface area (Å²) in [5.41, 5.74) is 1.26. The number of ether oxygens (including phenoxy) is 2. The van der Waals surface area contributed by atoms with Gasteiger partial charge in [-0.25, -0.2) is 0 Å². The van der Waals surface area contributed by atoms with E-state index in [1.165, 1.54) is 0 Å². The third-order valence-electron chi connectivity index (χ3n) is 5.47. The Bertz CT molecular complexity index is 1020. The van der Waals surface area contributed by atoms with Crippen molar-refractivity contribution in [1.29, 1.82) is 0 Å². The van der Waals surface area contributed by atoms with Crippen molar-refractivity contribution in [1.82, 2.24) is 9.80 Å². The molecule has 0 aliphatic carbocycles. The normalized spacial score (nSPS) is 17.6. The maximum atomic E-state index is 13.1. The molecule has 1 saturated heterocycles. The van der Waals surface area contributed by atoms with Crippen LogP contribution in [0.15, 0.2) is 54.1 Å². The van der Waals surface area contributed by atoms with Gasteiger partial charge in [0.1, 0.15) is 5.76 Å². The van der Waals surface area contributed by atoms with Crippen LogP contribution in [0.1, 0.15) is 37.4 Å². The van der Waals surface area contributed by atoms with Crippen molar-refractivity contribution in [3.8, 4) is 11.5 Å². The monoisotopic (exact) mass is 452 g/mol. The van der Waals surface area contributed by atoms with E-state index in [0.717, 1.165) is 6.54 Å². The molecule has 33 heavy (non-hydrogen) atoms. The Morgan fingerprint density at radius 2 is 1.67 bits per heavy atom. The molecule has 3 rings (SSSR count).